The first-order valence-corrected chi connectivity index (χ1v) is 6.16. The van der Waals surface area contributed by atoms with Crippen LogP contribution in [0.4, 0.5) is 0 Å². The smallest absolute Gasteiger partial charge is 0.250 e. The summed E-state index contributed by atoms with van der Waals surface area (Å²) in [7, 11) is 0. The molecule has 0 radical (unpaired) electrons. The molecule has 0 aliphatic rings. The molecule has 16 heavy (non-hydrogen) atoms. The van der Waals surface area contributed by atoms with E-state index in [0.29, 0.717) is 6.04 Å². The van der Waals surface area contributed by atoms with Crippen molar-refractivity contribution >= 4 is 0 Å². The molecule has 3 nitrogen and oxygen atoms in total. The van der Waals surface area contributed by atoms with Gasteiger partial charge in [0.15, 0.2) is 0 Å². The largest absolute Gasteiger partial charge is 0.316 e. The van der Waals surface area contributed by atoms with Gasteiger partial charge in [-0.1, -0.05) is 19.9 Å². The van der Waals surface area contributed by atoms with Crippen molar-refractivity contribution in [1.82, 2.24) is 9.88 Å². The van der Waals surface area contributed by atoms with Crippen LogP contribution in [0, 0.1) is 0 Å². The summed E-state index contributed by atoms with van der Waals surface area (Å²) >= 11 is 0. The Morgan fingerprint density at radius 3 is 2.81 bits per heavy atom. The molecular weight excluding hydrogens is 200 g/mol. The Bertz CT molecular complexity index is 346. The Morgan fingerprint density at radius 1 is 1.38 bits per heavy atom. The van der Waals surface area contributed by atoms with Crippen molar-refractivity contribution in [2.45, 2.75) is 45.7 Å². The van der Waals surface area contributed by atoms with Crippen LogP contribution in [0.5, 0.6) is 0 Å². The van der Waals surface area contributed by atoms with Gasteiger partial charge in [-0.2, -0.15) is 0 Å². The van der Waals surface area contributed by atoms with Crippen LogP contribution >= 0.6 is 0 Å². The summed E-state index contributed by atoms with van der Waals surface area (Å²) in [6.45, 7) is 6.16. The summed E-state index contributed by atoms with van der Waals surface area (Å²) in [5.41, 5.74) is 0.0963. The number of hydrogen-bond donors (Lipinski definition) is 1. The lowest BCUT2D eigenvalue weighted by Gasteiger charge is -2.15. The van der Waals surface area contributed by atoms with E-state index in [0.717, 1.165) is 32.4 Å². The van der Waals surface area contributed by atoms with Gasteiger partial charge in [0.05, 0.1) is 0 Å². The van der Waals surface area contributed by atoms with Crippen molar-refractivity contribution < 1.29 is 0 Å². The van der Waals surface area contributed by atoms with Gasteiger partial charge in [-0.15, -0.1) is 0 Å². The molecule has 1 unspecified atom stereocenters. The summed E-state index contributed by atoms with van der Waals surface area (Å²) in [5.74, 6) is 0. The standard InChI is InChI=1S/C13H22N2O/c1-3-12(14-4-2)8-7-11-15-10-6-5-9-13(15)16/h5-6,9-10,12,14H,3-4,7-8,11H2,1-2H3. The highest BCUT2D eigenvalue weighted by atomic mass is 16.1. The zero-order valence-corrected chi connectivity index (χ0v) is 10.3. The Balaban J connectivity index is 2.35. The van der Waals surface area contributed by atoms with Gasteiger partial charge in [0, 0.05) is 24.8 Å². The van der Waals surface area contributed by atoms with Gasteiger partial charge in [0.2, 0.25) is 5.56 Å². The van der Waals surface area contributed by atoms with E-state index in [9.17, 15) is 4.79 Å². The second-order valence-electron chi connectivity index (χ2n) is 4.04. The average molecular weight is 222 g/mol. The van der Waals surface area contributed by atoms with Crippen LogP contribution < -0.4 is 10.9 Å². The maximum Gasteiger partial charge on any atom is 0.250 e. The highest BCUT2D eigenvalue weighted by Crippen LogP contribution is 2.02. The first-order chi connectivity index (χ1) is 7.77. The molecule has 0 saturated heterocycles. The highest BCUT2D eigenvalue weighted by Gasteiger charge is 2.03. The Labute approximate surface area is 97.5 Å². The topological polar surface area (TPSA) is 34.0 Å². The maximum atomic E-state index is 11.4. The third-order valence-corrected chi connectivity index (χ3v) is 2.84. The van der Waals surface area contributed by atoms with Crippen LogP contribution in [0.25, 0.3) is 0 Å². The van der Waals surface area contributed by atoms with Crippen LogP contribution in [0.1, 0.15) is 33.1 Å². The van der Waals surface area contributed by atoms with Gasteiger partial charge in [-0.25, -0.2) is 0 Å². The molecule has 0 fully saturated rings. The van der Waals surface area contributed by atoms with E-state index in [1.165, 1.54) is 0 Å². The van der Waals surface area contributed by atoms with Crippen LogP contribution in [-0.4, -0.2) is 17.2 Å². The first kappa shape index (κ1) is 13.0. The van der Waals surface area contributed by atoms with Crippen LogP contribution in [-0.2, 0) is 6.54 Å². The average Bonchev–Trinajstić information content (AvgIpc) is 2.30. The molecule has 0 aromatic carbocycles. The van der Waals surface area contributed by atoms with Gasteiger partial charge >= 0.3 is 0 Å². The van der Waals surface area contributed by atoms with Crippen molar-refractivity contribution in [3.8, 4) is 0 Å². The molecule has 3 heteroatoms. The molecule has 0 bridgehead atoms. The van der Waals surface area contributed by atoms with Gasteiger partial charge in [-0.05, 0) is 31.9 Å². The molecule has 0 aliphatic carbocycles. The minimum atomic E-state index is 0.0963. The molecule has 0 amide bonds. The monoisotopic (exact) mass is 222 g/mol. The van der Waals surface area contributed by atoms with Crippen molar-refractivity contribution in [2.75, 3.05) is 6.54 Å². The molecule has 90 valence electrons. The van der Waals surface area contributed by atoms with E-state index < -0.39 is 0 Å². The molecule has 0 spiro atoms. The molecule has 1 rings (SSSR count). The molecule has 1 aromatic rings. The van der Waals surface area contributed by atoms with E-state index in [2.05, 4.69) is 19.2 Å². The zero-order valence-electron chi connectivity index (χ0n) is 10.3. The van der Waals surface area contributed by atoms with Crippen molar-refractivity contribution in [3.63, 3.8) is 0 Å². The number of nitrogens with zero attached hydrogens (tertiary/aromatic N) is 1. The molecule has 1 aromatic heterocycles. The highest BCUT2D eigenvalue weighted by molar-refractivity contribution is 4.93. The first-order valence-electron chi connectivity index (χ1n) is 6.16. The van der Waals surface area contributed by atoms with E-state index in [1.54, 1.807) is 16.7 Å². The normalized spacial score (nSPS) is 12.6. The van der Waals surface area contributed by atoms with Gasteiger partial charge in [0.25, 0.3) is 0 Å². The second kappa shape index (κ2) is 7.23. The summed E-state index contributed by atoms with van der Waals surface area (Å²) in [5, 5.41) is 3.45. The predicted octanol–water partition coefficient (Wildman–Crippen LogP) is 2.02. The van der Waals surface area contributed by atoms with E-state index in [4.69, 9.17) is 0 Å². The summed E-state index contributed by atoms with van der Waals surface area (Å²) < 4.78 is 1.78. The molecule has 1 heterocycles. The Kier molecular flexibility index (Phi) is 5.86. The summed E-state index contributed by atoms with van der Waals surface area (Å²) in [6, 6.07) is 5.89. The van der Waals surface area contributed by atoms with Gasteiger partial charge < -0.3 is 9.88 Å². The quantitative estimate of drug-likeness (QED) is 0.766. The van der Waals surface area contributed by atoms with Crippen molar-refractivity contribution in [1.29, 1.82) is 0 Å². The molecule has 0 saturated carbocycles. The van der Waals surface area contributed by atoms with E-state index in [-0.39, 0.29) is 5.56 Å². The number of rotatable bonds is 7. The Hall–Kier alpha value is -1.09. The van der Waals surface area contributed by atoms with Crippen LogP contribution in [0.15, 0.2) is 29.2 Å². The zero-order chi connectivity index (χ0) is 11.8. The lowest BCUT2D eigenvalue weighted by molar-refractivity contribution is 0.446. The fourth-order valence-electron chi connectivity index (χ4n) is 1.89. The molecule has 0 aliphatic heterocycles. The second-order valence-corrected chi connectivity index (χ2v) is 4.04. The van der Waals surface area contributed by atoms with E-state index >= 15 is 0 Å². The maximum absolute atomic E-state index is 11.4. The molecule has 1 atom stereocenters. The lowest BCUT2D eigenvalue weighted by Crippen LogP contribution is -2.28. The third kappa shape index (κ3) is 4.19. The Morgan fingerprint density at radius 2 is 2.19 bits per heavy atom. The number of aryl methyl sites for hydroxylation is 1. The van der Waals surface area contributed by atoms with Crippen molar-refractivity contribution in [3.05, 3.63) is 34.7 Å². The van der Waals surface area contributed by atoms with Gasteiger partial charge in [-0.3, -0.25) is 4.79 Å². The number of hydrogen-bond acceptors (Lipinski definition) is 2. The SMILES string of the molecule is CCNC(CC)CCCn1ccccc1=O. The van der Waals surface area contributed by atoms with Crippen LogP contribution in [0.2, 0.25) is 0 Å². The number of nitrogens with one attached hydrogen (secondary N) is 1. The minimum Gasteiger partial charge on any atom is -0.316 e. The molecular formula is C13H22N2O. The summed E-state index contributed by atoms with van der Waals surface area (Å²) in [4.78, 5) is 11.4. The third-order valence-electron chi connectivity index (χ3n) is 2.84. The van der Waals surface area contributed by atoms with Gasteiger partial charge in [0.1, 0.15) is 0 Å². The fourth-order valence-corrected chi connectivity index (χ4v) is 1.89. The fraction of sp³-hybridized carbons (Fsp3) is 0.615. The summed E-state index contributed by atoms with van der Waals surface area (Å²) in [6.07, 6.45) is 5.19. The number of pyridine rings is 1. The van der Waals surface area contributed by atoms with E-state index in [1.807, 2.05) is 12.3 Å². The minimum absolute atomic E-state index is 0.0963. The molecule has 1 N–H and O–H groups in total. The predicted molar refractivity (Wildman–Crippen MR) is 67.7 cm³/mol. The number of aromatic nitrogens is 1. The lowest BCUT2D eigenvalue weighted by atomic mass is 10.1. The van der Waals surface area contributed by atoms with Crippen LogP contribution in [0.3, 0.4) is 0 Å². The van der Waals surface area contributed by atoms with Crippen molar-refractivity contribution in [2.24, 2.45) is 0 Å².